The Hall–Kier alpha value is -1.48. The maximum absolute atomic E-state index is 3.28. The summed E-state index contributed by atoms with van der Waals surface area (Å²) in [5.41, 5.74) is 2.51. The van der Waals surface area contributed by atoms with E-state index in [4.69, 9.17) is 0 Å². The topological polar surface area (TPSA) is 0 Å². The molecule has 2 fully saturated rings. The van der Waals surface area contributed by atoms with Crippen molar-refractivity contribution in [2.45, 2.75) is 97.3 Å². The van der Waals surface area contributed by atoms with Gasteiger partial charge in [0, 0.05) is 5.56 Å². The minimum Gasteiger partial charge on any atom is -0.0730 e. The summed E-state index contributed by atoms with van der Waals surface area (Å²) in [5.74, 6) is 10.4. The van der Waals surface area contributed by atoms with Gasteiger partial charge in [0.05, 0.1) is 0 Å². The SMILES string of the molecule is CCC[C@H]1CC[C@H](CC[C@H]2CC[C@H](C=CC#Cc3ccc(CC)cc3)CC2)CC1. The average molecular weight is 391 g/mol. The summed E-state index contributed by atoms with van der Waals surface area (Å²) in [5, 5.41) is 0. The molecule has 2 saturated carbocycles. The van der Waals surface area contributed by atoms with E-state index in [1.807, 2.05) is 0 Å². The zero-order valence-electron chi connectivity index (χ0n) is 19.0. The summed E-state index contributed by atoms with van der Waals surface area (Å²) in [7, 11) is 0. The largest absolute Gasteiger partial charge is 0.0730 e. The van der Waals surface area contributed by atoms with E-state index in [0.717, 1.165) is 35.7 Å². The fraction of sp³-hybridized carbons (Fsp3) is 0.655. The predicted octanol–water partition coefficient (Wildman–Crippen LogP) is 8.35. The fourth-order valence-corrected chi connectivity index (χ4v) is 5.49. The van der Waals surface area contributed by atoms with Gasteiger partial charge in [-0.2, -0.15) is 0 Å². The number of hydrogen-bond donors (Lipinski definition) is 0. The van der Waals surface area contributed by atoms with Gasteiger partial charge in [-0.05, 0) is 79.5 Å². The molecule has 0 unspecified atom stereocenters. The van der Waals surface area contributed by atoms with Crippen LogP contribution < -0.4 is 0 Å². The summed E-state index contributed by atoms with van der Waals surface area (Å²) in [4.78, 5) is 0. The summed E-state index contributed by atoms with van der Waals surface area (Å²) < 4.78 is 0. The molecule has 2 aliphatic carbocycles. The molecule has 2 aliphatic rings. The van der Waals surface area contributed by atoms with Gasteiger partial charge in [0.1, 0.15) is 0 Å². The maximum Gasteiger partial charge on any atom is 0.0249 e. The molecule has 0 amide bonds. The van der Waals surface area contributed by atoms with Gasteiger partial charge in [0.2, 0.25) is 0 Å². The van der Waals surface area contributed by atoms with Gasteiger partial charge in [-0.3, -0.25) is 0 Å². The molecule has 0 spiro atoms. The van der Waals surface area contributed by atoms with Crippen molar-refractivity contribution in [1.82, 2.24) is 0 Å². The highest BCUT2D eigenvalue weighted by atomic mass is 14.3. The Morgan fingerprint density at radius 2 is 1.31 bits per heavy atom. The lowest BCUT2D eigenvalue weighted by atomic mass is 9.75. The third kappa shape index (κ3) is 7.70. The molecule has 0 N–H and O–H groups in total. The normalized spacial score (nSPS) is 27.5. The Balaban J connectivity index is 1.31. The van der Waals surface area contributed by atoms with Crippen molar-refractivity contribution in [3.8, 4) is 11.8 Å². The number of rotatable bonds is 7. The highest BCUT2D eigenvalue weighted by molar-refractivity contribution is 5.38. The van der Waals surface area contributed by atoms with Crippen LogP contribution in [0.3, 0.4) is 0 Å². The second-order valence-electron chi connectivity index (χ2n) is 9.71. The van der Waals surface area contributed by atoms with E-state index in [-0.39, 0.29) is 0 Å². The Kier molecular flexibility index (Phi) is 9.40. The van der Waals surface area contributed by atoms with Crippen molar-refractivity contribution < 1.29 is 0 Å². The van der Waals surface area contributed by atoms with Crippen LogP contribution in [0, 0.1) is 35.5 Å². The van der Waals surface area contributed by atoms with Crippen LogP contribution in [0.2, 0.25) is 0 Å². The summed E-state index contributed by atoms with van der Waals surface area (Å²) in [6.45, 7) is 4.53. The van der Waals surface area contributed by atoms with Crippen LogP contribution in [0.5, 0.6) is 0 Å². The van der Waals surface area contributed by atoms with Crippen LogP contribution in [-0.4, -0.2) is 0 Å². The number of allylic oxidation sites excluding steroid dienone is 2. The standard InChI is InChI=1S/C29H42/c1-3-7-25-14-18-28(19-15-25)22-23-29-20-16-27(17-21-29)9-6-5-8-26-12-10-24(4-2)11-13-26/h6,9-13,25,27-29H,3-4,7,14-23H2,1-2H3/t25-,27-,28-,29-. The quantitative estimate of drug-likeness (QED) is 0.410. The van der Waals surface area contributed by atoms with Crippen LogP contribution in [0.15, 0.2) is 36.4 Å². The van der Waals surface area contributed by atoms with Gasteiger partial charge < -0.3 is 0 Å². The van der Waals surface area contributed by atoms with Gasteiger partial charge >= 0.3 is 0 Å². The lowest BCUT2D eigenvalue weighted by Crippen LogP contribution is -2.17. The second kappa shape index (κ2) is 12.3. The second-order valence-corrected chi connectivity index (χ2v) is 9.71. The summed E-state index contributed by atoms with van der Waals surface area (Å²) in [6, 6.07) is 8.65. The van der Waals surface area contributed by atoms with Crippen LogP contribution in [0.4, 0.5) is 0 Å². The Morgan fingerprint density at radius 3 is 1.86 bits per heavy atom. The molecule has 0 nitrogen and oxygen atoms in total. The lowest BCUT2D eigenvalue weighted by molar-refractivity contribution is 0.221. The molecule has 0 heterocycles. The van der Waals surface area contributed by atoms with Gasteiger partial charge in [0.25, 0.3) is 0 Å². The van der Waals surface area contributed by atoms with E-state index >= 15 is 0 Å². The van der Waals surface area contributed by atoms with Gasteiger partial charge in [-0.25, -0.2) is 0 Å². The van der Waals surface area contributed by atoms with E-state index in [0.29, 0.717) is 0 Å². The molecule has 0 radical (unpaired) electrons. The minimum absolute atomic E-state index is 0.757. The molecule has 0 saturated heterocycles. The van der Waals surface area contributed by atoms with E-state index in [1.165, 1.54) is 82.6 Å². The fourth-order valence-electron chi connectivity index (χ4n) is 5.49. The highest BCUT2D eigenvalue weighted by Gasteiger charge is 2.23. The predicted molar refractivity (Wildman–Crippen MR) is 127 cm³/mol. The van der Waals surface area contributed by atoms with E-state index < -0.39 is 0 Å². The zero-order chi connectivity index (χ0) is 20.3. The number of aryl methyl sites for hydroxylation is 1. The van der Waals surface area contributed by atoms with Gasteiger partial charge in [0.15, 0.2) is 0 Å². The summed E-state index contributed by atoms with van der Waals surface area (Å²) in [6.07, 6.45) is 23.1. The van der Waals surface area contributed by atoms with E-state index in [2.05, 4.69) is 62.1 Å². The van der Waals surface area contributed by atoms with Crippen LogP contribution >= 0.6 is 0 Å². The molecule has 0 aliphatic heterocycles. The first-order valence-electron chi connectivity index (χ1n) is 12.5. The van der Waals surface area contributed by atoms with Crippen LogP contribution in [0.25, 0.3) is 0 Å². The Labute approximate surface area is 180 Å². The molecule has 1 aromatic rings. The van der Waals surface area contributed by atoms with Crippen LogP contribution in [-0.2, 0) is 6.42 Å². The molecule has 158 valence electrons. The number of benzene rings is 1. The first kappa shape index (κ1) is 22.2. The van der Waals surface area contributed by atoms with Crippen molar-refractivity contribution in [2.75, 3.05) is 0 Å². The Bertz CT molecular complexity index is 652. The molecule has 0 heteroatoms. The van der Waals surface area contributed by atoms with Gasteiger partial charge in [-0.15, -0.1) is 0 Å². The maximum atomic E-state index is 3.28. The molecule has 3 rings (SSSR count). The lowest BCUT2D eigenvalue weighted by Gasteiger charge is -2.31. The average Bonchev–Trinajstić information content (AvgIpc) is 2.78. The van der Waals surface area contributed by atoms with Crippen molar-refractivity contribution in [2.24, 2.45) is 23.7 Å². The first-order valence-corrected chi connectivity index (χ1v) is 12.5. The molecule has 0 aromatic heterocycles. The molecule has 0 atom stereocenters. The molecule has 29 heavy (non-hydrogen) atoms. The Morgan fingerprint density at radius 1 is 0.759 bits per heavy atom. The van der Waals surface area contributed by atoms with E-state index in [1.54, 1.807) is 0 Å². The smallest absolute Gasteiger partial charge is 0.0249 e. The monoisotopic (exact) mass is 390 g/mol. The molecular formula is C29H42. The first-order chi connectivity index (χ1) is 14.3. The molecule has 1 aromatic carbocycles. The van der Waals surface area contributed by atoms with Crippen molar-refractivity contribution in [3.63, 3.8) is 0 Å². The van der Waals surface area contributed by atoms with Crippen molar-refractivity contribution in [3.05, 3.63) is 47.5 Å². The molecule has 0 bridgehead atoms. The van der Waals surface area contributed by atoms with Crippen molar-refractivity contribution in [1.29, 1.82) is 0 Å². The third-order valence-corrected chi connectivity index (χ3v) is 7.57. The van der Waals surface area contributed by atoms with Crippen LogP contribution in [0.1, 0.15) is 102 Å². The minimum atomic E-state index is 0.757. The van der Waals surface area contributed by atoms with Gasteiger partial charge in [-0.1, -0.05) is 95.3 Å². The third-order valence-electron chi connectivity index (χ3n) is 7.57. The number of hydrogen-bond acceptors (Lipinski definition) is 0. The van der Waals surface area contributed by atoms with Crippen molar-refractivity contribution >= 4 is 0 Å². The highest BCUT2D eigenvalue weighted by Crippen LogP contribution is 2.37. The van der Waals surface area contributed by atoms with E-state index in [9.17, 15) is 0 Å². The zero-order valence-corrected chi connectivity index (χ0v) is 19.0. The molecular weight excluding hydrogens is 348 g/mol. The summed E-state index contributed by atoms with van der Waals surface area (Å²) >= 11 is 0.